The molecule has 1 aliphatic heterocycles. The maximum Gasteiger partial charge on any atom is 0.234 e. The van der Waals surface area contributed by atoms with Gasteiger partial charge in [-0.2, -0.15) is 5.10 Å². The molecule has 0 bridgehead atoms. The molecule has 1 aliphatic rings. The molecule has 124 valence electrons. The third kappa shape index (κ3) is 5.10. The molecular weight excluding hydrogens is 278 g/mol. The van der Waals surface area contributed by atoms with Crippen LogP contribution in [0.5, 0.6) is 0 Å². The van der Waals surface area contributed by atoms with E-state index in [1.165, 1.54) is 0 Å². The molecule has 0 aromatic carbocycles. The molecular formula is C16H29N5O. The number of amides is 1. The number of piperidine rings is 1. The van der Waals surface area contributed by atoms with Crippen molar-refractivity contribution in [3.63, 3.8) is 0 Å². The Balaban J connectivity index is 1.72. The molecule has 1 aromatic rings. The molecule has 2 heterocycles. The van der Waals surface area contributed by atoms with Gasteiger partial charge in [0.2, 0.25) is 5.91 Å². The van der Waals surface area contributed by atoms with E-state index in [1.54, 1.807) is 0 Å². The summed E-state index contributed by atoms with van der Waals surface area (Å²) in [6, 6.07) is 2.64. The van der Waals surface area contributed by atoms with Gasteiger partial charge in [0.25, 0.3) is 0 Å². The summed E-state index contributed by atoms with van der Waals surface area (Å²) in [6.45, 7) is 6.71. The van der Waals surface area contributed by atoms with Crippen molar-refractivity contribution in [1.82, 2.24) is 25.3 Å². The van der Waals surface area contributed by atoms with Crippen molar-refractivity contribution in [2.75, 3.05) is 33.7 Å². The van der Waals surface area contributed by atoms with Gasteiger partial charge >= 0.3 is 0 Å². The quantitative estimate of drug-likeness (QED) is 0.816. The van der Waals surface area contributed by atoms with E-state index < -0.39 is 0 Å². The molecule has 1 atom stereocenters. The Morgan fingerprint density at radius 2 is 2.23 bits per heavy atom. The van der Waals surface area contributed by atoms with E-state index in [0.717, 1.165) is 43.7 Å². The molecule has 0 spiro atoms. The Hall–Kier alpha value is -1.40. The summed E-state index contributed by atoms with van der Waals surface area (Å²) in [6.07, 6.45) is 3.04. The summed E-state index contributed by atoms with van der Waals surface area (Å²) in [5.41, 5.74) is 2.05. The molecule has 1 amide bonds. The van der Waals surface area contributed by atoms with Gasteiger partial charge in [-0.1, -0.05) is 0 Å². The molecule has 0 unspecified atom stereocenters. The summed E-state index contributed by atoms with van der Waals surface area (Å²) in [5, 5.41) is 10.2. The third-order valence-corrected chi connectivity index (χ3v) is 4.39. The molecule has 6 nitrogen and oxygen atoms in total. The summed E-state index contributed by atoms with van der Waals surface area (Å²) < 4.78 is 0. The topological polar surface area (TPSA) is 64.3 Å². The largest absolute Gasteiger partial charge is 0.352 e. The monoisotopic (exact) mass is 307 g/mol. The number of nitrogens with zero attached hydrogens (tertiary/aromatic N) is 3. The second kappa shape index (κ2) is 7.74. The standard InChI is InChI=1S/C16H29N5O/c1-12(9-14-10-13(2)18-19-14)17-16(22)11-21(4)15-5-7-20(3)8-6-15/h10,12,15H,5-9,11H2,1-4H3,(H,17,22)(H,18,19)/t12-/m0/s1. The van der Waals surface area contributed by atoms with E-state index in [-0.39, 0.29) is 11.9 Å². The number of nitrogens with one attached hydrogen (secondary N) is 2. The zero-order chi connectivity index (χ0) is 16.1. The lowest BCUT2D eigenvalue weighted by Gasteiger charge is -2.34. The first-order valence-corrected chi connectivity index (χ1v) is 8.13. The van der Waals surface area contributed by atoms with Crippen molar-refractivity contribution in [3.8, 4) is 0 Å². The number of hydrogen-bond acceptors (Lipinski definition) is 4. The molecule has 1 aromatic heterocycles. The van der Waals surface area contributed by atoms with Crippen molar-refractivity contribution < 1.29 is 4.79 Å². The van der Waals surface area contributed by atoms with E-state index in [9.17, 15) is 4.79 Å². The average Bonchev–Trinajstić information content (AvgIpc) is 2.84. The predicted octanol–water partition coefficient (Wildman–Crippen LogP) is 0.791. The Labute approximate surface area is 133 Å². The molecule has 0 saturated carbocycles. The van der Waals surface area contributed by atoms with Crippen LogP contribution in [0, 0.1) is 6.92 Å². The van der Waals surface area contributed by atoms with E-state index in [0.29, 0.717) is 12.6 Å². The smallest absolute Gasteiger partial charge is 0.234 e. The van der Waals surface area contributed by atoms with Gasteiger partial charge in [-0.25, -0.2) is 0 Å². The fraction of sp³-hybridized carbons (Fsp3) is 0.750. The lowest BCUT2D eigenvalue weighted by molar-refractivity contribution is -0.123. The lowest BCUT2D eigenvalue weighted by Crippen LogP contribution is -2.47. The van der Waals surface area contributed by atoms with Crippen LogP contribution in [0.2, 0.25) is 0 Å². The average molecular weight is 307 g/mol. The van der Waals surface area contributed by atoms with Crippen LogP contribution in [0.4, 0.5) is 0 Å². The number of likely N-dealkylation sites (N-methyl/N-ethyl adjacent to an activating group) is 1. The molecule has 2 rings (SSSR count). The minimum Gasteiger partial charge on any atom is -0.352 e. The van der Waals surface area contributed by atoms with Crippen molar-refractivity contribution in [1.29, 1.82) is 0 Å². The number of H-pyrrole nitrogens is 1. The first kappa shape index (κ1) is 17.0. The van der Waals surface area contributed by atoms with Gasteiger partial charge in [0.1, 0.15) is 0 Å². The minimum atomic E-state index is 0.0982. The number of aryl methyl sites for hydroxylation is 1. The zero-order valence-corrected chi connectivity index (χ0v) is 14.2. The maximum absolute atomic E-state index is 12.2. The Morgan fingerprint density at radius 1 is 1.55 bits per heavy atom. The number of rotatable bonds is 6. The van der Waals surface area contributed by atoms with Gasteiger partial charge in [-0.15, -0.1) is 0 Å². The van der Waals surface area contributed by atoms with Gasteiger partial charge in [-0.05, 0) is 59.9 Å². The number of hydrogen-bond donors (Lipinski definition) is 2. The highest BCUT2D eigenvalue weighted by molar-refractivity contribution is 5.78. The van der Waals surface area contributed by atoms with Gasteiger partial charge in [0.05, 0.1) is 12.2 Å². The molecule has 0 radical (unpaired) electrons. The number of aromatic amines is 1. The van der Waals surface area contributed by atoms with Crippen LogP contribution < -0.4 is 5.32 Å². The normalized spacial score (nSPS) is 18.6. The molecule has 2 N–H and O–H groups in total. The van der Waals surface area contributed by atoms with E-state index in [1.807, 2.05) is 19.9 Å². The van der Waals surface area contributed by atoms with Gasteiger partial charge < -0.3 is 10.2 Å². The van der Waals surface area contributed by atoms with Crippen LogP contribution in [-0.2, 0) is 11.2 Å². The van der Waals surface area contributed by atoms with Crippen molar-refractivity contribution >= 4 is 5.91 Å². The number of carbonyl (C=O) groups excluding carboxylic acids is 1. The molecule has 1 fully saturated rings. The summed E-state index contributed by atoms with van der Waals surface area (Å²) in [7, 11) is 4.21. The van der Waals surface area contributed by atoms with Crippen molar-refractivity contribution in [3.05, 3.63) is 17.5 Å². The predicted molar refractivity (Wildman–Crippen MR) is 87.8 cm³/mol. The van der Waals surface area contributed by atoms with Crippen molar-refractivity contribution in [2.45, 2.75) is 45.2 Å². The first-order valence-electron chi connectivity index (χ1n) is 8.13. The molecule has 0 aliphatic carbocycles. The fourth-order valence-corrected chi connectivity index (χ4v) is 3.06. The van der Waals surface area contributed by atoms with Gasteiger partial charge in [-0.3, -0.25) is 14.8 Å². The van der Waals surface area contributed by atoms with Gasteiger partial charge in [0.15, 0.2) is 0 Å². The van der Waals surface area contributed by atoms with Crippen LogP contribution in [0.3, 0.4) is 0 Å². The van der Waals surface area contributed by atoms with Crippen molar-refractivity contribution in [2.24, 2.45) is 0 Å². The van der Waals surface area contributed by atoms with Gasteiger partial charge in [0, 0.05) is 24.2 Å². The second-order valence-corrected chi connectivity index (χ2v) is 6.66. The van der Waals surface area contributed by atoms with Crippen LogP contribution in [-0.4, -0.2) is 71.7 Å². The minimum absolute atomic E-state index is 0.0982. The highest BCUT2D eigenvalue weighted by atomic mass is 16.2. The number of likely N-dealkylation sites (tertiary alicyclic amines) is 1. The first-order chi connectivity index (χ1) is 10.4. The van der Waals surface area contributed by atoms with Crippen LogP contribution in [0.1, 0.15) is 31.2 Å². The van der Waals surface area contributed by atoms with E-state index >= 15 is 0 Å². The third-order valence-electron chi connectivity index (χ3n) is 4.39. The van der Waals surface area contributed by atoms with Crippen LogP contribution in [0.15, 0.2) is 6.07 Å². The molecule has 1 saturated heterocycles. The maximum atomic E-state index is 12.2. The highest BCUT2D eigenvalue weighted by Gasteiger charge is 2.22. The lowest BCUT2D eigenvalue weighted by atomic mass is 10.0. The molecule has 22 heavy (non-hydrogen) atoms. The Morgan fingerprint density at radius 3 is 2.82 bits per heavy atom. The Kier molecular flexibility index (Phi) is 5.97. The summed E-state index contributed by atoms with van der Waals surface area (Å²) >= 11 is 0. The summed E-state index contributed by atoms with van der Waals surface area (Å²) in [5.74, 6) is 0.0983. The van der Waals surface area contributed by atoms with Crippen LogP contribution in [0.25, 0.3) is 0 Å². The highest BCUT2D eigenvalue weighted by Crippen LogP contribution is 2.13. The van der Waals surface area contributed by atoms with Crippen LogP contribution >= 0.6 is 0 Å². The fourth-order valence-electron chi connectivity index (χ4n) is 3.06. The molecule has 6 heteroatoms. The van der Waals surface area contributed by atoms with E-state index in [2.05, 4.69) is 39.4 Å². The number of carbonyl (C=O) groups is 1. The SMILES string of the molecule is Cc1cc(C[C@H](C)NC(=O)CN(C)C2CCN(C)CC2)n[nH]1. The zero-order valence-electron chi connectivity index (χ0n) is 14.2. The summed E-state index contributed by atoms with van der Waals surface area (Å²) in [4.78, 5) is 16.7. The van der Waals surface area contributed by atoms with E-state index in [4.69, 9.17) is 0 Å². The number of aromatic nitrogens is 2. The second-order valence-electron chi connectivity index (χ2n) is 6.66. The Bertz CT molecular complexity index is 479.